The molecular formula is C10H13O2Sn2. The Morgan fingerprint density at radius 2 is 2.07 bits per heavy atom. The van der Waals surface area contributed by atoms with E-state index in [0.29, 0.717) is 0 Å². The molecule has 0 aliphatic carbocycles. The van der Waals surface area contributed by atoms with Gasteiger partial charge in [0.05, 0.1) is 0 Å². The van der Waals surface area contributed by atoms with Gasteiger partial charge in [0.25, 0.3) is 0 Å². The van der Waals surface area contributed by atoms with Crippen LogP contribution in [0.2, 0.25) is 0 Å². The first-order valence-corrected chi connectivity index (χ1v) is 8.18. The molecule has 1 aromatic rings. The fourth-order valence-corrected chi connectivity index (χ4v) is 3.22. The summed E-state index contributed by atoms with van der Waals surface area (Å²) in [5.41, 5.74) is 2.75. The molecule has 4 heteroatoms. The Morgan fingerprint density at radius 3 is 2.64 bits per heavy atom. The average Bonchev–Trinajstić information content (AvgIpc) is 2.25. The van der Waals surface area contributed by atoms with Crippen LogP contribution in [0.3, 0.4) is 0 Å². The van der Waals surface area contributed by atoms with E-state index >= 15 is 0 Å². The molecule has 5 radical (unpaired) electrons. The van der Waals surface area contributed by atoms with Crippen molar-refractivity contribution in [3.8, 4) is 5.75 Å². The van der Waals surface area contributed by atoms with Crippen LogP contribution in [0.15, 0.2) is 18.2 Å². The van der Waals surface area contributed by atoms with Crippen LogP contribution in [-0.2, 0) is 14.3 Å². The number of hydrogen-bond acceptors (Lipinski definition) is 2. The van der Waals surface area contributed by atoms with Crippen LogP contribution < -0.4 is 3.07 Å². The molecule has 0 aliphatic heterocycles. The summed E-state index contributed by atoms with van der Waals surface area (Å²) in [5.74, 6) is 1.04. The second kappa shape index (κ2) is 6.95. The SMILES string of the molecule is CCc1cccc([O][Sn][O][Sn])c1CC. The van der Waals surface area contributed by atoms with E-state index in [9.17, 15) is 0 Å². The van der Waals surface area contributed by atoms with Crippen molar-refractivity contribution in [2.45, 2.75) is 26.7 Å². The van der Waals surface area contributed by atoms with Crippen molar-refractivity contribution in [3.05, 3.63) is 29.3 Å². The summed E-state index contributed by atoms with van der Waals surface area (Å²) < 4.78 is 10.8. The molecule has 1 rings (SSSR count). The normalized spacial score (nSPS) is 10.2. The maximum absolute atomic E-state index is 5.69. The molecule has 0 N–H and O–H groups in total. The molecule has 1 aromatic carbocycles. The van der Waals surface area contributed by atoms with Gasteiger partial charge >= 0.3 is 111 Å². The van der Waals surface area contributed by atoms with Gasteiger partial charge in [0.2, 0.25) is 0 Å². The van der Waals surface area contributed by atoms with E-state index in [-0.39, 0.29) is 0 Å². The minimum absolute atomic E-state index is 1.04. The van der Waals surface area contributed by atoms with Crippen LogP contribution in [0.5, 0.6) is 5.75 Å². The summed E-state index contributed by atoms with van der Waals surface area (Å²) in [5, 5.41) is 0. The van der Waals surface area contributed by atoms with Crippen molar-refractivity contribution in [2.75, 3.05) is 0 Å². The van der Waals surface area contributed by atoms with Crippen molar-refractivity contribution in [1.29, 1.82) is 0 Å². The zero-order valence-electron chi connectivity index (χ0n) is 8.46. The van der Waals surface area contributed by atoms with Crippen LogP contribution in [0, 0.1) is 0 Å². The molecule has 0 amide bonds. The molecule has 0 saturated carbocycles. The first-order valence-electron chi connectivity index (χ1n) is 4.68. The van der Waals surface area contributed by atoms with Gasteiger partial charge in [-0.1, -0.05) is 0 Å². The molecule has 0 fully saturated rings. The Hall–Kier alpha value is 0.577. The minimum atomic E-state index is -1.05. The fraction of sp³-hybridized carbons (Fsp3) is 0.400. The second-order valence-corrected chi connectivity index (χ2v) is 8.44. The van der Waals surface area contributed by atoms with Crippen LogP contribution >= 0.6 is 0 Å². The summed E-state index contributed by atoms with van der Waals surface area (Å²) in [6.07, 6.45) is 2.11. The molecule has 0 aliphatic rings. The molecule has 0 heterocycles. The molecular weight excluding hydrogens is 390 g/mol. The van der Waals surface area contributed by atoms with E-state index in [4.69, 9.17) is 4.49 Å². The Bertz CT molecular complexity index is 289. The van der Waals surface area contributed by atoms with Crippen LogP contribution in [0.4, 0.5) is 0 Å². The third kappa shape index (κ3) is 3.31. The Kier molecular flexibility index (Phi) is 6.28. The number of rotatable bonds is 5. The molecule has 0 unspecified atom stereocenters. The summed E-state index contributed by atoms with van der Waals surface area (Å²) in [6, 6.07) is 6.29. The van der Waals surface area contributed by atoms with Crippen molar-refractivity contribution in [1.82, 2.24) is 0 Å². The van der Waals surface area contributed by atoms with Crippen LogP contribution in [0.25, 0.3) is 0 Å². The average molecular weight is 403 g/mol. The first-order chi connectivity index (χ1) is 6.83. The monoisotopic (exact) mass is 405 g/mol. The molecule has 14 heavy (non-hydrogen) atoms. The first kappa shape index (κ1) is 12.6. The number of benzene rings is 1. The topological polar surface area (TPSA) is 18.5 Å². The third-order valence-electron chi connectivity index (χ3n) is 2.16. The van der Waals surface area contributed by atoms with Gasteiger partial charge in [-0.25, -0.2) is 0 Å². The second-order valence-electron chi connectivity index (χ2n) is 2.89. The Labute approximate surface area is 110 Å². The van der Waals surface area contributed by atoms with E-state index in [0.717, 1.165) is 41.5 Å². The van der Waals surface area contributed by atoms with Crippen molar-refractivity contribution in [2.24, 2.45) is 0 Å². The molecule has 0 atom stereocenters. The Balaban J connectivity index is 2.90. The van der Waals surface area contributed by atoms with Crippen LogP contribution in [0.1, 0.15) is 25.0 Å². The molecule has 2 nitrogen and oxygen atoms in total. The van der Waals surface area contributed by atoms with Gasteiger partial charge in [-0.2, -0.15) is 0 Å². The van der Waals surface area contributed by atoms with Crippen molar-refractivity contribution in [3.63, 3.8) is 0 Å². The predicted molar refractivity (Wildman–Crippen MR) is 58.4 cm³/mol. The fourth-order valence-electron chi connectivity index (χ4n) is 1.50. The quantitative estimate of drug-likeness (QED) is 0.700. The van der Waals surface area contributed by atoms with Gasteiger partial charge in [-0.05, 0) is 0 Å². The standard InChI is InChI=1S/C10H14O.O.2Sn/c1-3-8-6-5-7-10(11)9(8)4-2;;;/h5-7,11H,3-4H2,1-2H3;;;/q;;;+1/p-1. The van der Waals surface area contributed by atoms with Gasteiger partial charge in [0, 0.05) is 0 Å². The van der Waals surface area contributed by atoms with Gasteiger partial charge in [-0.3, -0.25) is 0 Å². The Morgan fingerprint density at radius 1 is 1.29 bits per heavy atom. The van der Waals surface area contributed by atoms with Gasteiger partial charge in [-0.15, -0.1) is 0 Å². The van der Waals surface area contributed by atoms with Crippen molar-refractivity contribution < 1.29 is 4.49 Å². The summed E-state index contributed by atoms with van der Waals surface area (Å²) in [7, 11) is 0. The molecule has 0 spiro atoms. The maximum atomic E-state index is 5.69. The van der Waals surface area contributed by atoms with Gasteiger partial charge < -0.3 is 0 Å². The predicted octanol–water partition coefficient (Wildman–Crippen LogP) is 1.82. The van der Waals surface area contributed by atoms with Gasteiger partial charge in [0.1, 0.15) is 0 Å². The van der Waals surface area contributed by atoms with Crippen LogP contribution in [-0.4, -0.2) is 44.9 Å². The van der Waals surface area contributed by atoms with E-state index < -0.39 is 22.0 Å². The molecule has 0 bridgehead atoms. The van der Waals surface area contributed by atoms with Gasteiger partial charge in [0.15, 0.2) is 0 Å². The zero-order valence-corrected chi connectivity index (χ0v) is 14.2. The number of hydrogen-bond donors (Lipinski definition) is 0. The van der Waals surface area contributed by atoms with E-state index in [1.807, 2.05) is 6.07 Å². The number of aryl methyl sites for hydroxylation is 1. The summed E-state index contributed by atoms with van der Waals surface area (Å²) >= 11 is 0.0709. The summed E-state index contributed by atoms with van der Waals surface area (Å²) in [4.78, 5) is 0. The zero-order chi connectivity index (χ0) is 10.4. The third-order valence-corrected chi connectivity index (χ3v) is 4.86. The van der Waals surface area contributed by atoms with E-state index in [1.54, 1.807) is 0 Å². The van der Waals surface area contributed by atoms with E-state index in [1.165, 1.54) is 11.1 Å². The molecule has 0 aromatic heterocycles. The van der Waals surface area contributed by atoms with Crippen molar-refractivity contribution >= 4 is 44.9 Å². The molecule has 0 saturated heterocycles. The van der Waals surface area contributed by atoms with E-state index in [2.05, 4.69) is 26.0 Å². The molecule has 73 valence electrons. The summed E-state index contributed by atoms with van der Waals surface area (Å²) in [6.45, 7) is 4.35.